The van der Waals surface area contributed by atoms with Crippen LogP contribution in [0.2, 0.25) is 0 Å². The lowest BCUT2D eigenvalue weighted by Crippen LogP contribution is -2.22. The van der Waals surface area contributed by atoms with Gasteiger partial charge in [-0.25, -0.2) is 0 Å². The molecule has 0 unspecified atom stereocenters. The summed E-state index contributed by atoms with van der Waals surface area (Å²) in [7, 11) is 0. The van der Waals surface area contributed by atoms with E-state index in [9.17, 15) is 9.59 Å². The van der Waals surface area contributed by atoms with E-state index in [2.05, 4.69) is 5.32 Å². The van der Waals surface area contributed by atoms with Crippen molar-refractivity contribution in [3.63, 3.8) is 0 Å². The van der Waals surface area contributed by atoms with Gasteiger partial charge in [-0.05, 0) is 43.7 Å². The second-order valence-electron chi connectivity index (χ2n) is 4.93. The molecule has 0 spiro atoms. The molecule has 1 amide bonds. The first kappa shape index (κ1) is 14.8. The number of aryl methyl sites for hydroxylation is 1. The van der Waals surface area contributed by atoms with Crippen molar-refractivity contribution in [1.29, 1.82) is 0 Å². The molecule has 0 bridgehead atoms. The Labute approximate surface area is 123 Å². The van der Waals surface area contributed by atoms with Crippen molar-refractivity contribution in [2.24, 2.45) is 0 Å². The lowest BCUT2D eigenvalue weighted by Gasteiger charge is -2.09. The van der Waals surface area contributed by atoms with Gasteiger partial charge in [0.2, 0.25) is 5.91 Å². The second kappa shape index (κ2) is 6.74. The Morgan fingerprint density at radius 1 is 1.19 bits per heavy atom. The highest BCUT2D eigenvalue weighted by molar-refractivity contribution is 5.90. The maximum Gasteiger partial charge on any atom is 0.250 e. The molecule has 5 heteroatoms. The van der Waals surface area contributed by atoms with Gasteiger partial charge < -0.3 is 15.6 Å². The minimum absolute atomic E-state index is 0.0334. The number of carbonyl (C=O) groups is 1. The van der Waals surface area contributed by atoms with Crippen molar-refractivity contribution in [3.8, 4) is 0 Å². The standard InChI is InChI=1S/C16H19N3O2/c1-12-4-2-6-16(21)19(12)11-3-5-15(20)18-14-9-7-13(17)8-10-14/h2,4,6-10H,3,5,11,17H2,1H3,(H,18,20). The van der Waals surface area contributed by atoms with E-state index in [0.717, 1.165) is 11.4 Å². The van der Waals surface area contributed by atoms with Gasteiger partial charge in [-0.1, -0.05) is 6.07 Å². The summed E-state index contributed by atoms with van der Waals surface area (Å²) in [6.07, 6.45) is 0.983. The summed E-state index contributed by atoms with van der Waals surface area (Å²) in [6, 6.07) is 12.2. The van der Waals surface area contributed by atoms with E-state index in [1.165, 1.54) is 6.07 Å². The van der Waals surface area contributed by atoms with Crippen molar-refractivity contribution >= 4 is 17.3 Å². The molecule has 1 heterocycles. The molecule has 0 aliphatic rings. The van der Waals surface area contributed by atoms with Crippen LogP contribution in [0, 0.1) is 6.92 Å². The molecule has 2 aromatic rings. The molecule has 21 heavy (non-hydrogen) atoms. The summed E-state index contributed by atoms with van der Waals surface area (Å²) >= 11 is 0. The molecular formula is C16H19N3O2. The number of pyridine rings is 1. The van der Waals surface area contributed by atoms with Crippen LogP contribution in [0.5, 0.6) is 0 Å². The van der Waals surface area contributed by atoms with Crippen LogP contribution in [-0.2, 0) is 11.3 Å². The number of aromatic nitrogens is 1. The average Bonchev–Trinajstić information content (AvgIpc) is 2.45. The Bertz CT molecular complexity index is 675. The fraction of sp³-hybridized carbons (Fsp3) is 0.250. The predicted molar refractivity (Wildman–Crippen MR) is 84.2 cm³/mol. The molecule has 0 saturated carbocycles. The van der Waals surface area contributed by atoms with Gasteiger partial charge in [-0.3, -0.25) is 9.59 Å². The van der Waals surface area contributed by atoms with Gasteiger partial charge in [0, 0.05) is 36.1 Å². The van der Waals surface area contributed by atoms with Crippen LogP contribution in [-0.4, -0.2) is 10.5 Å². The van der Waals surface area contributed by atoms with E-state index in [1.54, 1.807) is 34.9 Å². The first-order chi connectivity index (χ1) is 10.1. The van der Waals surface area contributed by atoms with E-state index < -0.39 is 0 Å². The second-order valence-corrected chi connectivity index (χ2v) is 4.93. The maximum absolute atomic E-state index is 11.8. The molecule has 1 aromatic heterocycles. The van der Waals surface area contributed by atoms with Crippen LogP contribution in [0.3, 0.4) is 0 Å². The summed E-state index contributed by atoms with van der Waals surface area (Å²) in [4.78, 5) is 23.5. The highest BCUT2D eigenvalue weighted by atomic mass is 16.1. The first-order valence-corrected chi connectivity index (χ1v) is 6.88. The van der Waals surface area contributed by atoms with E-state index >= 15 is 0 Å². The van der Waals surface area contributed by atoms with Crippen LogP contribution in [0.4, 0.5) is 11.4 Å². The number of benzene rings is 1. The molecule has 0 fully saturated rings. The van der Waals surface area contributed by atoms with Crippen LogP contribution in [0.25, 0.3) is 0 Å². The maximum atomic E-state index is 11.8. The largest absolute Gasteiger partial charge is 0.399 e. The molecule has 0 atom stereocenters. The van der Waals surface area contributed by atoms with Gasteiger partial charge in [0.05, 0.1) is 0 Å². The third kappa shape index (κ3) is 4.21. The van der Waals surface area contributed by atoms with Crippen molar-refractivity contribution in [2.75, 3.05) is 11.1 Å². The summed E-state index contributed by atoms with van der Waals surface area (Å²) < 4.78 is 1.68. The van der Waals surface area contributed by atoms with Gasteiger partial charge in [0.25, 0.3) is 5.56 Å². The smallest absolute Gasteiger partial charge is 0.250 e. The monoisotopic (exact) mass is 285 g/mol. The molecule has 5 nitrogen and oxygen atoms in total. The summed E-state index contributed by atoms with van der Waals surface area (Å²) in [5, 5.41) is 2.80. The van der Waals surface area contributed by atoms with Gasteiger partial charge in [-0.2, -0.15) is 0 Å². The van der Waals surface area contributed by atoms with Crippen molar-refractivity contribution in [2.45, 2.75) is 26.3 Å². The minimum Gasteiger partial charge on any atom is -0.399 e. The third-order valence-electron chi connectivity index (χ3n) is 3.25. The van der Waals surface area contributed by atoms with Gasteiger partial charge >= 0.3 is 0 Å². The molecule has 0 saturated heterocycles. The SMILES string of the molecule is Cc1cccc(=O)n1CCCC(=O)Nc1ccc(N)cc1. The summed E-state index contributed by atoms with van der Waals surface area (Å²) in [5.41, 5.74) is 7.84. The number of nitrogens with zero attached hydrogens (tertiary/aromatic N) is 1. The quantitative estimate of drug-likeness (QED) is 0.826. The Hall–Kier alpha value is -2.56. The number of carbonyl (C=O) groups excluding carboxylic acids is 1. The number of amides is 1. The highest BCUT2D eigenvalue weighted by Gasteiger charge is 2.04. The number of anilines is 2. The first-order valence-electron chi connectivity index (χ1n) is 6.88. The van der Waals surface area contributed by atoms with Crippen molar-refractivity contribution in [3.05, 3.63) is 58.5 Å². The number of hydrogen-bond acceptors (Lipinski definition) is 3. The zero-order chi connectivity index (χ0) is 15.2. The minimum atomic E-state index is -0.0681. The van der Waals surface area contributed by atoms with Gasteiger partial charge in [0.1, 0.15) is 0 Å². The molecule has 110 valence electrons. The van der Waals surface area contributed by atoms with E-state index in [1.807, 2.05) is 13.0 Å². The van der Waals surface area contributed by atoms with E-state index in [0.29, 0.717) is 25.1 Å². The van der Waals surface area contributed by atoms with E-state index in [-0.39, 0.29) is 11.5 Å². The van der Waals surface area contributed by atoms with E-state index in [4.69, 9.17) is 5.73 Å². The van der Waals surface area contributed by atoms with Gasteiger partial charge in [-0.15, -0.1) is 0 Å². The van der Waals surface area contributed by atoms with Crippen molar-refractivity contribution < 1.29 is 4.79 Å². The summed E-state index contributed by atoms with van der Waals surface area (Å²) in [6.45, 7) is 2.43. The van der Waals surface area contributed by atoms with Crippen LogP contribution in [0.1, 0.15) is 18.5 Å². The molecule has 3 N–H and O–H groups in total. The molecule has 0 radical (unpaired) electrons. The molecule has 2 rings (SSSR count). The Kier molecular flexibility index (Phi) is 4.77. The number of rotatable bonds is 5. The zero-order valence-electron chi connectivity index (χ0n) is 12.0. The zero-order valence-corrected chi connectivity index (χ0v) is 12.0. The Morgan fingerprint density at radius 3 is 2.57 bits per heavy atom. The number of hydrogen-bond donors (Lipinski definition) is 2. The van der Waals surface area contributed by atoms with Crippen LogP contribution >= 0.6 is 0 Å². The number of nitrogen functional groups attached to an aromatic ring is 1. The van der Waals surface area contributed by atoms with Crippen LogP contribution < -0.4 is 16.6 Å². The predicted octanol–water partition coefficient (Wildman–Crippen LogP) is 2.16. The van der Waals surface area contributed by atoms with Gasteiger partial charge in [0.15, 0.2) is 0 Å². The fourth-order valence-corrected chi connectivity index (χ4v) is 2.10. The lowest BCUT2D eigenvalue weighted by atomic mass is 10.2. The summed E-state index contributed by atoms with van der Waals surface area (Å²) in [5.74, 6) is -0.0681. The normalized spacial score (nSPS) is 10.3. The highest BCUT2D eigenvalue weighted by Crippen LogP contribution is 2.11. The Morgan fingerprint density at radius 2 is 1.90 bits per heavy atom. The fourth-order valence-electron chi connectivity index (χ4n) is 2.10. The lowest BCUT2D eigenvalue weighted by molar-refractivity contribution is -0.116. The Balaban J connectivity index is 1.84. The molecule has 0 aliphatic heterocycles. The molecule has 0 aliphatic carbocycles. The third-order valence-corrected chi connectivity index (χ3v) is 3.25. The van der Waals surface area contributed by atoms with Crippen LogP contribution in [0.15, 0.2) is 47.3 Å². The topological polar surface area (TPSA) is 77.1 Å². The molecular weight excluding hydrogens is 266 g/mol. The number of nitrogens with two attached hydrogens (primary N) is 1. The van der Waals surface area contributed by atoms with Crippen molar-refractivity contribution in [1.82, 2.24) is 4.57 Å². The molecule has 1 aromatic carbocycles. The number of nitrogens with one attached hydrogen (secondary N) is 1. The average molecular weight is 285 g/mol.